The summed E-state index contributed by atoms with van der Waals surface area (Å²) in [7, 11) is 0. The van der Waals surface area contributed by atoms with E-state index in [-0.39, 0.29) is 0 Å². The molecule has 2 unspecified atom stereocenters. The van der Waals surface area contributed by atoms with E-state index >= 15 is 0 Å². The maximum Gasteiger partial charge on any atom is -0.0386 e. The van der Waals surface area contributed by atoms with Gasteiger partial charge in [-0.15, -0.1) is 0 Å². The molecule has 5 rings (SSSR count). The van der Waals surface area contributed by atoms with Crippen LogP contribution in [0.1, 0.15) is 71.6 Å². The van der Waals surface area contributed by atoms with E-state index in [0.717, 1.165) is 35.5 Å². The van der Waals surface area contributed by atoms with E-state index in [4.69, 9.17) is 0 Å². The Kier molecular flexibility index (Phi) is 3.50. The number of hydrogen-bond donors (Lipinski definition) is 0. The highest BCUT2D eigenvalue weighted by Gasteiger charge is 2.35. The van der Waals surface area contributed by atoms with Gasteiger partial charge in [-0.1, -0.05) is 39.5 Å². The molecular formula is C17H30. The quantitative estimate of drug-likeness (QED) is 0.535. The summed E-state index contributed by atoms with van der Waals surface area (Å²) in [4.78, 5) is 0. The molecule has 0 aromatic heterocycles. The molecule has 0 radical (unpaired) electrons. The molecule has 98 valence electrons. The molecule has 0 amide bonds. The lowest BCUT2D eigenvalue weighted by atomic mass is 9.70. The normalized spacial score (nSPS) is 51.2. The minimum absolute atomic E-state index is 1.02. The first kappa shape index (κ1) is 12.1. The Morgan fingerprint density at radius 1 is 0.529 bits per heavy atom. The molecular weight excluding hydrogens is 204 g/mol. The van der Waals surface area contributed by atoms with Gasteiger partial charge in [0.2, 0.25) is 0 Å². The van der Waals surface area contributed by atoms with Gasteiger partial charge in [0.1, 0.15) is 0 Å². The highest BCUT2D eigenvalue weighted by molar-refractivity contribution is 4.86. The van der Waals surface area contributed by atoms with Gasteiger partial charge in [-0.05, 0) is 67.6 Å². The number of rotatable bonds is 0. The molecule has 5 aliphatic rings. The van der Waals surface area contributed by atoms with Gasteiger partial charge in [-0.25, -0.2) is 0 Å². The molecule has 0 aromatic rings. The van der Waals surface area contributed by atoms with Gasteiger partial charge >= 0.3 is 0 Å². The smallest absolute Gasteiger partial charge is 0.0386 e. The first-order valence-corrected chi connectivity index (χ1v) is 8.22. The molecule has 0 aromatic carbocycles. The molecule has 4 bridgehead atoms. The fraction of sp³-hybridized carbons (Fsp3) is 1.00. The Morgan fingerprint density at radius 2 is 1.00 bits per heavy atom. The second kappa shape index (κ2) is 4.94. The minimum Gasteiger partial charge on any atom is -0.0622 e. The third-order valence-corrected chi connectivity index (χ3v) is 6.52. The predicted octanol–water partition coefficient (Wildman–Crippen LogP) is 5.28. The van der Waals surface area contributed by atoms with Gasteiger partial charge in [-0.2, -0.15) is 0 Å². The second-order valence-electron chi connectivity index (χ2n) is 7.65. The molecule has 0 heteroatoms. The zero-order chi connectivity index (χ0) is 11.8. The van der Waals surface area contributed by atoms with E-state index in [1.54, 1.807) is 44.9 Å². The highest BCUT2D eigenvalue weighted by Crippen LogP contribution is 2.47. The summed E-state index contributed by atoms with van der Waals surface area (Å²) in [5.41, 5.74) is 0. The maximum absolute atomic E-state index is 2.55. The molecule has 0 nitrogen and oxygen atoms in total. The molecule has 17 heavy (non-hydrogen) atoms. The van der Waals surface area contributed by atoms with Gasteiger partial charge in [0.25, 0.3) is 0 Å². The topological polar surface area (TPSA) is 0 Å². The summed E-state index contributed by atoms with van der Waals surface area (Å²) in [5, 5.41) is 0. The van der Waals surface area contributed by atoms with Crippen molar-refractivity contribution in [3.8, 4) is 0 Å². The molecule has 0 aliphatic heterocycles. The van der Waals surface area contributed by atoms with E-state index < -0.39 is 0 Å². The second-order valence-corrected chi connectivity index (χ2v) is 7.65. The molecule has 0 spiro atoms. The van der Waals surface area contributed by atoms with Crippen molar-refractivity contribution < 1.29 is 0 Å². The van der Waals surface area contributed by atoms with Crippen molar-refractivity contribution >= 4 is 0 Å². The Bertz CT molecular complexity index is 231. The summed E-state index contributed by atoms with van der Waals surface area (Å²) in [5.74, 6) is 6.38. The Morgan fingerprint density at radius 3 is 1.47 bits per heavy atom. The zero-order valence-corrected chi connectivity index (χ0v) is 11.8. The lowest BCUT2D eigenvalue weighted by molar-refractivity contribution is 0.158. The van der Waals surface area contributed by atoms with E-state index in [0.29, 0.717) is 0 Å². The number of hydrogen-bond acceptors (Lipinski definition) is 0. The predicted molar refractivity (Wildman–Crippen MR) is 73.8 cm³/mol. The molecule has 6 atom stereocenters. The first-order valence-electron chi connectivity index (χ1n) is 8.22. The average Bonchev–Trinajstić information content (AvgIpc) is 2.46. The average molecular weight is 234 g/mol. The summed E-state index contributed by atoms with van der Waals surface area (Å²) >= 11 is 0. The highest BCUT2D eigenvalue weighted by atomic mass is 14.4. The van der Waals surface area contributed by atoms with Crippen molar-refractivity contribution in [1.29, 1.82) is 0 Å². The SMILES string of the molecule is CC1CCC2C[C@H]3CC[C@H](C)[C@@H](CC[C@@H]1C3)C2. The van der Waals surface area contributed by atoms with Crippen molar-refractivity contribution in [2.24, 2.45) is 35.5 Å². The van der Waals surface area contributed by atoms with Crippen molar-refractivity contribution in [3.63, 3.8) is 0 Å². The Balaban J connectivity index is 1.88. The van der Waals surface area contributed by atoms with E-state index in [1.165, 1.54) is 12.8 Å². The van der Waals surface area contributed by atoms with Gasteiger partial charge < -0.3 is 0 Å². The molecule has 0 saturated heterocycles. The largest absolute Gasteiger partial charge is 0.0622 e. The van der Waals surface area contributed by atoms with Crippen LogP contribution in [0, 0.1) is 35.5 Å². The van der Waals surface area contributed by atoms with Crippen molar-refractivity contribution in [1.82, 2.24) is 0 Å². The summed E-state index contributed by atoms with van der Waals surface area (Å²) < 4.78 is 0. The fourth-order valence-corrected chi connectivity index (χ4v) is 5.16. The summed E-state index contributed by atoms with van der Waals surface area (Å²) in [6, 6.07) is 0. The van der Waals surface area contributed by atoms with Gasteiger partial charge in [0, 0.05) is 0 Å². The van der Waals surface area contributed by atoms with Crippen molar-refractivity contribution in [2.45, 2.75) is 71.6 Å². The standard InChI is InChI=1S/C17H30/c1-12-3-5-14-9-15-6-4-13(2)17(11-14)8-7-16(12)10-15/h12-17H,3-11H2,1-2H3/t12-,13?,14+,15?,16-,17+/m0/s1. The van der Waals surface area contributed by atoms with Crippen LogP contribution in [0.4, 0.5) is 0 Å². The third kappa shape index (κ3) is 2.56. The van der Waals surface area contributed by atoms with Crippen LogP contribution in [0.2, 0.25) is 0 Å². The number of fused-ring (bicyclic) bond motifs is 4. The van der Waals surface area contributed by atoms with Crippen LogP contribution in [0.15, 0.2) is 0 Å². The molecule has 5 saturated carbocycles. The lowest BCUT2D eigenvalue weighted by Gasteiger charge is -2.35. The summed E-state index contributed by atoms with van der Waals surface area (Å²) in [6.07, 6.45) is 14.0. The van der Waals surface area contributed by atoms with Crippen LogP contribution in [0.25, 0.3) is 0 Å². The van der Waals surface area contributed by atoms with E-state index in [2.05, 4.69) is 13.8 Å². The minimum atomic E-state index is 1.02. The van der Waals surface area contributed by atoms with E-state index in [9.17, 15) is 0 Å². The van der Waals surface area contributed by atoms with Gasteiger partial charge in [0.05, 0.1) is 0 Å². The fourth-order valence-electron chi connectivity index (χ4n) is 5.16. The lowest BCUT2D eigenvalue weighted by Crippen LogP contribution is -2.24. The van der Waals surface area contributed by atoms with Crippen LogP contribution in [0.5, 0.6) is 0 Å². The van der Waals surface area contributed by atoms with E-state index in [1.807, 2.05) is 0 Å². The summed E-state index contributed by atoms with van der Waals surface area (Å²) in [6.45, 7) is 5.09. The molecule has 0 heterocycles. The third-order valence-electron chi connectivity index (χ3n) is 6.52. The monoisotopic (exact) mass is 234 g/mol. The van der Waals surface area contributed by atoms with Crippen LogP contribution >= 0.6 is 0 Å². The van der Waals surface area contributed by atoms with Crippen LogP contribution in [0.3, 0.4) is 0 Å². The first-order chi connectivity index (χ1) is 8.22. The molecule has 5 aliphatic carbocycles. The molecule has 5 fully saturated rings. The van der Waals surface area contributed by atoms with Crippen LogP contribution in [-0.2, 0) is 0 Å². The Hall–Kier alpha value is 0. The van der Waals surface area contributed by atoms with Crippen molar-refractivity contribution in [3.05, 3.63) is 0 Å². The molecule has 0 N–H and O–H groups in total. The van der Waals surface area contributed by atoms with Gasteiger partial charge in [0.15, 0.2) is 0 Å². The Labute approximate surface area is 108 Å². The van der Waals surface area contributed by atoms with Crippen LogP contribution in [-0.4, -0.2) is 0 Å². The maximum atomic E-state index is 2.55. The van der Waals surface area contributed by atoms with Crippen LogP contribution < -0.4 is 0 Å². The zero-order valence-electron chi connectivity index (χ0n) is 11.8. The van der Waals surface area contributed by atoms with Crippen molar-refractivity contribution in [2.75, 3.05) is 0 Å². The van der Waals surface area contributed by atoms with Gasteiger partial charge in [-0.3, -0.25) is 0 Å².